The molecule has 1 aromatic carbocycles. The summed E-state index contributed by atoms with van der Waals surface area (Å²) in [7, 11) is 1.55. The first-order valence-electron chi connectivity index (χ1n) is 7.90. The second-order valence-electron chi connectivity index (χ2n) is 5.81. The summed E-state index contributed by atoms with van der Waals surface area (Å²) in [6.45, 7) is 5.82. The molecular weight excluding hydrogens is 282 g/mol. The van der Waals surface area contributed by atoms with Gasteiger partial charge in [-0.15, -0.1) is 4.91 Å². The number of morpholine rings is 1. The van der Waals surface area contributed by atoms with Gasteiger partial charge in [-0.3, -0.25) is 4.90 Å². The first-order valence-corrected chi connectivity index (χ1v) is 7.90. The van der Waals surface area contributed by atoms with Crippen LogP contribution in [0.5, 0.6) is 5.75 Å². The summed E-state index contributed by atoms with van der Waals surface area (Å²) in [5.74, 6) is 0.530. The smallest absolute Gasteiger partial charge is 0.151 e. The average molecular weight is 305 g/mol. The fourth-order valence-corrected chi connectivity index (χ4v) is 3.38. The predicted molar refractivity (Wildman–Crippen MR) is 86.1 cm³/mol. The summed E-state index contributed by atoms with van der Waals surface area (Å²) < 4.78 is 10.6. The lowest BCUT2D eigenvalue weighted by atomic mass is 10.0. The zero-order valence-electron chi connectivity index (χ0n) is 13.0. The highest BCUT2D eigenvalue weighted by molar-refractivity contribution is 5.62. The molecule has 1 aromatic rings. The van der Waals surface area contributed by atoms with Crippen LogP contribution in [-0.2, 0) is 4.74 Å². The highest BCUT2D eigenvalue weighted by Crippen LogP contribution is 2.33. The molecule has 0 aromatic heterocycles. The maximum atomic E-state index is 10.9. The van der Waals surface area contributed by atoms with Gasteiger partial charge in [-0.2, -0.15) is 0 Å². The number of nitroso groups, excluding NO2 is 1. The van der Waals surface area contributed by atoms with Crippen LogP contribution in [-0.4, -0.2) is 57.4 Å². The van der Waals surface area contributed by atoms with E-state index in [2.05, 4.69) is 15.0 Å². The standard InChI is InChI=1S/C16H23N3O3/c1-21-16-3-2-14(12-15(16)17-20)18-6-4-13(5-7-18)19-8-10-22-11-9-19/h2-3,12-13H,4-11H2,1H3. The van der Waals surface area contributed by atoms with Crippen molar-refractivity contribution in [3.8, 4) is 5.75 Å². The van der Waals surface area contributed by atoms with E-state index in [1.165, 1.54) is 0 Å². The second-order valence-corrected chi connectivity index (χ2v) is 5.81. The van der Waals surface area contributed by atoms with E-state index < -0.39 is 0 Å². The van der Waals surface area contributed by atoms with Crippen molar-refractivity contribution >= 4 is 11.4 Å². The van der Waals surface area contributed by atoms with Gasteiger partial charge in [0.1, 0.15) is 5.75 Å². The van der Waals surface area contributed by atoms with Crippen LogP contribution in [0.4, 0.5) is 11.4 Å². The van der Waals surface area contributed by atoms with Gasteiger partial charge in [0.2, 0.25) is 0 Å². The first kappa shape index (κ1) is 15.2. The molecule has 6 nitrogen and oxygen atoms in total. The summed E-state index contributed by atoms with van der Waals surface area (Å²) in [5, 5.41) is 3.06. The van der Waals surface area contributed by atoms with Gasteiger partial charge in [-0.25, -0.2) is 0 Å². The van der Waals surface area contributed by atoms with Crippen molar-refractivity contribution in [2.75, 3.05) is 51.4 Å². The molecule has 6 heteroatoms. The van der Waals surface area contributed by atoms with Gasteiger partial charge in [0.25, 0.3) is 0 Å². The zero-order chi connectivity index (χ0) is 15.4. The molecule has 0 N–H and O–H groups in total. The topological polar surface area (TPSA) is 54.4 Å². The maximum Gasteiger partial charge on any atom is 0.151 e. The number of anilines is 1. The summed E-state index contributed by atoms with van der Waals surface area (Å²) in [6.07, 6.45) is 2.30. The van der Waals surface area contributed by atoms with Crippen LogP contribution in [0.3, 0.4) is 0 Å². The number of nitrogens with zero attached hydrogens (tertiary/aromatic N) is 3. The molecule has 2 aliphatic heterocycles. The van der Waals surface area contributed by atoms with Crippen molar-refractivity contribution in [3.63, 3.8) is 0 Å². The third kappa shape index (κ3) is 3.23. The molecule has 0 aliphatic carbocycles. The lowest BCUT2D eigenvalue weighted by molar-refractivity contribution is 0.0115. The zero-order valence-corrected chi connectivity index (χ0v) is 13.0. The SMILES string of the molecule is COc1ccc(N2CCC(N3CCOCC3)CC2)cc1N=O. The van der Waals surface area contributed by atoms with Crippen LogP contribution in [0, 0.1) is 4.91 Å². The summed E-state index contributed by atoms with van der Waals surface area (Å²) >= 11 is 0. The van der Waals surface area contributed by atoms with Crippen LogP contribution in [0.25, 0.3) is 0 Å². The van der Waals surface area contributed by atoms with Crippen LogP contribution in [0.1, 0.15) is 12.8 Å². The quantitative estimate of drug-likeness (QED) is 0.800. The Bertz CT molecular complexity index is 509. The van der Waals surface area contributed by atoms with E-state index >= 15 is 0 Å². The van der Waals surface area contributed by atoms with E-state index in [0.717, 1.165) is 57.9 Å². The molecule has 0 atom stereocenters. The van der Waals surface area contributed by atoms with Gasteiger partial charge in [0, 0.05) is 37.9 Å². The lowest BCUT2D eigenvalue weighted by Gasteiger charge is -2.40. The number of benzene rings is 1. The first-order chi connectivity index (χ1) is 10.8. The molecule has 120 valence electrons. The van der Waals surface area contributed by atoms with Crippen molar-refractivity contribution < 1.29 is 9.47 Å². The van der Waals surface area contributed by atoms with Gasteiger partial charge < -0.3 is 14.4 Å². The summed E-state index contributed by atoms with van der Waals surface area (Å²) in [5.41, 5.74) is 1.42. The van der Waals surface area contributed by atoms with Gasteiger partial charge in [0.05, 0.1) is 20.3 Å². The number of hydrogen-bond donors (Lipinski definition) is 0. The fourth-order valence-electron chi connectivity index (χ4n) is 3.38. The average Bonchev–Trinajstić information content (AvgIpc) is 2.62. The van der Waals surface area contributed by atoms with Crippen LogP contribution in [0.15, 0.2) is 23.4 Å². The molecule has 0 amide bonds. The Kier molecular flexibility index (Phi) is 4.90. The molecule has 2 aliphatic rings. The number of methoxy groups -OCH3 is 1. The van der Waals surface area contributed by atoms with Gasteiger partial charge in [-0.05, 0) is 36.2 Å². The predicted octanol–water partition coefficient (Wildman–Crippen LogP) is 2.39. The number of piperidine rings is 1. The largest absolute Gasteiger partial charge is 0.494 e. The molecule has 0 unspecified atom stereocenters. The van der Waals surface area contributed by atoms with E-state index in [1.807, 2.05) is 18.2 Å². The third-order valence-electron chi connectivity index (χ3n) is 4.65. The normalized spacial score (nSPS) is 20.9. The Labute approximate surface area is 131 Å². The number of hydrogen-bond acceptors (Lipinski definition) is 6. The van der Waals surface area contributed by atoms with Crippen LogP contribution < -0.4 is 9.64 Å². The minimum Gasteiger partial charge on any atom is -0.494 e. The van der Waals surface area contributed by atoms with Crippen molar-refractivity contribution in [1.82, 2.24) is 4.90 Å². The van der Waals surface area contributed by atoms with Crippen molar-refractivity contribution in [2.24, 2.45) is 5.18 Å². The molecule has 22 heavy (non-hydrogen) atoms. The van der Waals surface area contributed by atoms with Gasteiger partial charge >= 0.3 is 0 Å². The van der Waals surface area contributed by atoms with Crippen molar-refractivity contribution in [3.05, 3.63) is 23.1 Å². The van der Waals surface area contributed by atoms with Gasteiger partial charge in [0.15, 0.2) is 5.69 Å². The molecule has 0 spiro atoms. The van der Waals surface area contributed by atoms with E-state index in [0.29, 0.717) is 17.5 Å². The molecule has 3 rings (SSSR count). The van der Waals surface area contributed by atoms with E-state index in [9.17, 15) is 4.91 Å². The fraction of sp³-hybridized carbons (Fsp3) is 0.625. The van der Waals surface area contributed by atoms with Crippen LogP contribution in [0.2, 0.25) is 0 Å². The number of rotatable bonds is 4. The lowest BCUT2D eigenvalue weighted by Crippen LogP contribution is -2.49. The molecule has 0 saturated carbocycles. The van der Waals surface area contributed by atoms with Crippen molar-refractivity contribution in [1.29, 1.82) is 0 Å². The molecule has 2 heterocycles. The molecule has 0 radical (unpaired) electrons. The Balaban J connectivity index is 1.62. The Hall–Kier alpha value is -1.66. The Morgan fingerprint density at radius 2 is 1.91 bits per heavy atom. The maximum absolute atomic E-state index is 10.9. The molecular formula is C16H23N3O3. The molecule has 0 bridgehead atoms. The van der Waals surface area contributed by atoms with E-state index in [4.69, 9.17) is 9.47 Å². The molecule has 2 fully saturated rings. The van der Waals surface area contributed by atoms with Crippen LogP contribution >= 0.6 is 0 Å². The van der Waals surface area contributed by atoms with Crippen molar-refractivity contribution in [2.45, 2.75) is 18.9 Å². The summed E-state index contributed by atoms with van der Waals surface area (Å²) in [4.78, 5) is 15.8. The van der Waals surface area contributed by atoms with Gasteiger partial charge in [-0.1, -0.05) is 0 Å². The minimum absolute atomic E-state index is 0.371. The minimum atomic E-state index is 0.371. The van der Waals surface area contributed by atoms with E-state index in [1.54, 1.807) is 7.11 Å². The van der Waals surface area contributed by atoms with E-state index in [-0.39, 0.29) is 0 Å². The third-order valence-corrected chi connectivity index (χ3v) is 4.65. The Morgan fingerprint density at radius 1 is 1.18 bits per heavy atom. The summed E-state index contributed by atoms with van der Waals surface area (Å²) in [6, 6.07) is 6.30. The Morgan fingerprint density at radius 3 is 2.55 bits per heavy atom. The highest BCUT2D eigenvalue weighted by atomic mass is 16.5. The second kappa shape index (κ2) is 7.07. The molecule has 2 saturated heterocycles. The monoisotopic (exact) mass is 305 g/mol. The number of ether oxygens (including phenoxy) is 2. The highest BCUT2D eigenvalue weighted by Gasteiger charge is 2.26.